The van der Waals surface area contributed by atoms with Crippen LogP contribution in [0.1, 0.15) is 23.5 Å². The molecule has 0 radical (unpaired) electrons. The highest BCUT2D eigenvalue weighted by Gasteiger charge is 2.46. The zero-order valence-corrected chi connectivity index (χ0v) is 12.4. The Hall–Kier alpha value is -2.27. The molecule has 23 heavy (non-hydrogen) atoms. The molecule has 0 aliphatic heterocycles. The normalized spacial score (nSPS) is 19.4. The van der Waals surface area contributed by atoms with Crippen molar-refractivity contribution in [1.82, 2.24) is 0 Å². The van der Waals surface area contributed by atoms with Crippen molar-refractivity contribution >= 4 is 11.6 Å². The van der Waals surface area contributed by atoms with Crippen LogP contribution >= 0.6 is 0 Å². The number of anilines is 1. The lowest BCUT2D eigenvalue weighted by Gasteiger charge is -2.07. The molecule has 0 heterocycles. The highest BCUT2D eigenvalue weighted by Crippen LogP contribution is 2.49. The second-order valence-electron chi connectivity index (χ2n) is 5.74. The van der Waals surface area contributed by atoms with Crippen molar-refractivity contribution in [2.75, 3.05) is 11.9 Å². The molecule has 1 saturated carbocycles. The lowest BCUT2D eigenvalue weighted by Crippen LogP contribution is -2.15. The summed E-state index contributed by atoms with van der Waals surface area (Å²) in [4.78, 5) is 12.2. The SMILES string of the molecule is O=C(Nc1ccc(CCO)cc1)C1CC1c1c(F)cccc1F. The molecular weight excluding hydrogens is 300 g/mol. The number of hydrogen-bond acceptors (Lipinski definition) is 2. The van der Waals surface area contributed by atoms with Gasteiger partial charge in [-0.1, -0.05) is 18.2 Å². The average molecular weight is 317 g/mol. The minimum absolute atomic E-state index is 0.00550. The quantitative estimate of drug-likeness (QED) is 0.889. The summed E-state index contributed by atoms with van der Waals surface area (Å²) in [6, 6.07) is 10.9. The summed E-state index contributed by atoms with van der Waals surface area (Å²) in [6.07, 6.45) is 1.01. The van der Waals surface area contributed by atoms with Crippen LogP contribution in [0.15, 0.2) is 42.5 Å². The summed E-state index contributed by atoms with van der Waals surface area (Å²) in [7, 11) is 0. The van der Waals surface area contributed by atoms with Crippen LogP contribution in [-0.2, 0) is 11.2 Å². The molecule has 0 saturated heterocycles. The molecule has 5 heteroatoms. The molecule has 1 aliphatic rings. The first-order valence-corrected chi connectivity index (χ1v) is 7.54. The van der Waals surface area contributed by atoms with Gasteiger partial charge in [0.05, 0.1) is 0 Å². The highest BCUT2D eigenvalue weighted by atomic mass is 19.1. The number of carbonyl (C=O) groups is 1. The Labute approximate surface area is 133 Å². The van der Waals surface area contributed by atoms with Gasteiger partial charge in [0, 0.05) is 29.7 Å². The van der Waals surface area contributed by atoms with Gasteiger partial charge in [0.2, 0.25) is 5.91 Å². The third kappa shape index (κ3) is 3.40. The predicted molar refractivity (Wildman–Crippen MR) is 83.1 cm³/mol. The number of nitrogens with one attached hydrogen (secondary N) is 1. The van der Waals surface area contributed by atoms with E-state index in [9.17, 15) is 13.6 Å². The summed E-state index contributed by atoms with van der Waals surface area (Å²) in [5.41, 5.74) is 1.62. The Balaban J connectivity index is 1.64. The van der Waals surface area contributed by atoms with Gasteiger partial charge in [-0.2, -0.15) is 0 Å². The summed E-state index contributed by atoms with van der Waals surface area (Å²) in [5, 5.41) is 11.6. The van der Waals surface area contributed by atoms with Crippen molar-refractivity contribution in [1.29, 1.82) is 0 Å². The van der Waals surface area contributed by atoms with E-state index in [0.717, 1.165) is 5.56 Å². The Bertz CT molecular complexity index is 695. The first-order valence-electron chi connectivity index (χ1n) is 7.54. The van der Waals surface area contributed by atoms with Gasteiger partial charge in [0.1, 0.15) is 11.6 Å². The van der Waals surface area contributed by atoms with Crippen molar-refractivity contribution < 1.29 is 18.7 Å². The van der Waals surface area contributed by atoms with Gasteiger partial charge >= 0.3 is 0 Å². The maximum Gasteiger partial charge on any atom is 0.228 e. The fourth-order valence-electron chi connectivity index (χ4n) is 2.79. The molecule has 0 aromatic heterocycles. The molecule has 2 aromatic carbocycles. The standard InChI is InChI=1S/C18H17F2NO2/c19-15-2-1-3-16(20)17(15)13-10-14(13)18(23)21-12-6-4-11(5-7-12)8-9-22/h1-7,13-14,22H,8-10H2,(H,21,23). The average Bonchev–Trinajstić information content (AvgIpc) is 3.30. The van der Waals surface area contributed by atoms with Crippen LogP contribution in [0.25, 0.3) is 0 Å². The van der Waals surface area contributed by atoms with Crippen LogP contribution in [0.3, 0.4) is 0 Å². The molecule has 1 fully saturated rings. The van der Waals surface area contributed by atoms with Crippen molar-refractivity contribution in [2.45, 2.75) is 18.8 Å². The monoisotopic (exact) mass is 317 g/mol. The molecule has 2 atom stereocenters. The smallest absolute Gasteiger partial charge is 0.228 e. The third-order valence-corrected chi connectivity index (χ3v) is 4.12. The largest absolute Gasteiger partial charge is 0.396 e. The number of aliphatic hydroxyl groups is 1. The Morgan fingerprint density at radius 3 is 2.39 bits per heavy atom. The number of halogens is 2. The van der Waals surface area contributed by atoms with Gasteiger partial charge in [0.25, 0.3) is 0 Å². The Kier molecular flexibility index (Phi) is 4.39. The van der Waals surface area contributed by atoms with Gasteiger partial charge in [0.15, 0.2) is 0 Å². The van der Waals surface area contributed by atoms with E-state index in [0.29, 0.717) is 18.5 Å². The molecule has 2 N–H and O–H groups in total. The highest BCUT2D eigenvalue weighted by molar-refractivity contribution is 5.95. The fraction of sp³-hybridized carbons (Fsp3) is 0.278. The molecule has 0 bridgehead atoms. The number of amides is 1. The van der Waals surface area contributed by atoms with Crippen LogP contribution in [0, 0.1) is 17.6 Å². The molecule has 2 unspecified atom stereocenters. The number of benzene rings is 2. The predicted octanol–water partition coefficient (Wildman–Crippen LogP) is 3.24. The van der Waals surface area contributed by atoms with E-state index in [2.05, 4.69) is 5.32 Å². The molecule has 1 amide bonds. The topological polar surface area (TPSA) is 49.3 Å². The molecule has 120 valence electrons. The molecule has 2 aromatic rings. The van der Waals surface area contributed by atoms with E-state index in [1.807, 2.05) is 12.1 Å². The van der Waals surface area contributed by atoms with Gasteiger partial charge < -0.3 is 10.4 Å². The number of carbonyl (C=O) groups excluding carboxylic acids is 1. The minimum Gasteiger partial charge on any atom is -0.396 e. The van der Waals surface area contributed by atoms with E-state index in [1.165, 1.54) is 18.2 Å². The number of rotatable bonds is 5. The number of hydrogen-bond donors (Lipinski definition) is 2. The lowest BCUT2D eigenvalue weighted by atomic mass is 10.1. The van der Waals surface area contributed by atoms with Crippen molar-refractivity contribution in [2.24, 2.45) is 5.92 Å². The first kappa shape index (κ1) is 15.6. The lowest BCUT2D eigenvalue weighted by molar-refractivity contribution is -0.117. The first-order chi connectivity index (χ1) is 11.1. The Morgan fingerprint density at radius 1 is 1.13 bits per heavy atom. The van der Waals surface area contributed by atoms with Crippen molar-refractivity contribution in [3.8, 4) is 0 Å². The maximum atomic E-state index is 13.7. The summed E-state index contributed by atoms with van der Waals surface area (Å²) >= 11 is 0. The van der Waals surface area contributed by atoms with Crippen LogP contribution in [0.4, 0.5) is 14.5 Å². The maximum absolute atomic E-state index is 13.7. The molecular formula is C18H17F2NO2. The molecule has 3 nitrogen and oxygen atoms in total. The second kappa shape index (κ2) is 6.46. The molecule has 1 aliphatic carbocycles. The van der Waals surface area contributed by atoms with Crippen LogP contribution in [0.5, 0.6) is 0 Å². The van der Waals surface area contributed by atoms with Gasteiger partial charge in [-0.25, -0.2) is 8.78 Å². The summed E-state index contributed by atoms with van der Waals surface area (Å²) in [5.74, 6) is -2.23. The van der Waals surface area contributed by atoms with E-state index in [-0.39, 0.29) is 18.1 Å². The third-order valence-electron chi connectivity index (χ3n) is 4.12. The second-order valence-corrected chi connectivity index (χ2v) is 5.74. The van der Waals surface area contributed by atoms with Crippen LogP contribution in [0.2, 0.25) is 0 Å². The molecule has 0 spiro atoms. The van der Waals surface area contributed by atoms with E-state index >= 15 is 0 Å². The Morgan fingerprint density at radius 2 is 1.78 bits per heavy atom. The summed E-state index contributed by atoms with van der Waals surface area (Å²) in [6.45, 7) is 0.0731. The van der Waals surface area contributed by atoms with E-state index < -0.39 is 23.5 Å². The number of aliphatic hydroxyl groups excluding tert-OH is 1. The van der Waals surface area contributed by atoms with E-state index in [4.69, 9.17) is 5.11 Å². The van der Waals surface area contributed by atoms with Crippen molar-refractivity contribution in [3.63, 3.8) is 0 Å². The zero-order chi connectivity index (χ0) is 16.4. The molecule has 3 rings (SSSR count). The van der Waals surface area contributed by atoms with Gasteiger partial charge in [-0.3, -0.25) is 4.79 Å². The zero-order valence-electron chi connectivity index (χ0n) is 12.4. The summed E-state index contributed by atoms with van der Waals surface area (Å²) < 4.78 is 27.5. The van der Waals surface area contributed by atoms with Gasteiger partial charge in [-0.15, -0.1) is 0 Å². The van der Waals surface area contributed by atoms with Crippen molar-refractivity contribution in [3.05, 3.63) is 65.2 Å². The van der Waals surface area contributed by atoms with Crippen LogP contribution < -0.4 is 5.32 Å². The fourth-order valence-corrected chi connectivity index (χ4v) is 2.79. The van der Waals surface area contributed by atoms with Crippen LogP contribution in [-0.4, -0.2) is 17.6 Å². The minimum atomic E-state index is -0.598. The van der Waals surface area contributed by atoms with E-state index in [1.54, 1.807) is 12.1 Å². The van der Waals surface area contributed by atoms with Gasteiger partial charge in [-0.05, 0) is 42.7 Å².